The van der Waals surface area contributed by atoms with Gasteiger partial charge < -0.3 is 14.8 Å². The van der Waals surface area contributed by atoms with Crippen molar-refractivity contribution < 1.29 is 9.52 Å². The quantitative estimate of drug-likeness (QED) is 0.809. The molecule has 0 aromatic carbocycles. The Labute approximate surface area is 109 Å². The van der Waals surface area contributed by atoms with E-state index in [4.69, 9.17) is 4.42 Å². The van der Waals surface area contributed by atoms with Crippen molar-refractivity contribution in [3.63, 3.8) is 0 Å². The van der Waals surface area contributed by atoms with E-state index in [1.165, 1.54) is 12.8 Å². The first-order chi connectivity index (χ1) is 8.70. The van der Waals surface area contributed by atoms with Crippen LogP contribution in [0.4, 0.5) is 0 Å². The van der Waals surface area contributed by atoms with Crippen molar-refractivity contribution in [1.82, 2.24) is 10.2 Å². The van der Waals surface area contributed by atoms with Gasteiger partial charge >= 0.3 is 0 Å². The maximum Gasteiger partial charge on any atom is 0.121 e. The normalized spacial score (nSPS) is 21.7. The van der Waals surface area contributed by atoms with Crippen molar-refractivity contribution in [1.29, 1.82) is 0 Å². The van der Waals surface area contributed by atoms with E-state index in [0.717, 1.165) is 24.6 Å². The Morgan fingerprint density at radius 1 is 1.56 bits per heavy atom. The second-order valence-corrected chi connectivity index (χ2v) is 5.14. The third-order valence-corrected chi connectivity index (χ3v) is 3.73. The molecule has 2 unspecified atom stereocenters. The van der Waals surface area contributed by atoms with Crippen LogP contribution in [0.15, 0.2) is 16.5 Å². The third kappa shape index (κ3) is 3.34. The molecule has 2 heterocycles. The molecule has 0 saturated carbocycles. The summed E-state index contributed by atoms with van der Waals surface area (Å²) in [6.45, 7) is 7.08. The topological polar surface area (TPSA) is 48.6 Å². The van der Waals surface area contributed by atoms with Gasteiger partial charge in [0.15, 0.2) is 0 Å². The molecule has 102 valence electrons. The van der Waals surface area contributed by atoms with Crippen LogP contribution in [-0.4, -0.2) is 42.3 Å². The van der Waals surface area contributed by atoms with Crippen LogP contribution in [0.2, 0.25) is 0 Å². The molecule has 1 aromatic rings. The predicted octanol–water partition coefficient (Wildman–Crippen LogP) is 1.70. The van der Waals surface area contributed by atoms with Gasteiger partial charge in [0.2, 0.25) is 0 Å². The highest BCUT2D eigenvalue weighted by molar-refractivity contribution is 5.09. The zero-order valence-corrected chi connectivity index (χ0v) is 11.4. The Kier molecular flexibility index (Phi) is 4.80. The van der Waals surface area contributed by atoms with Crippen molar-refractivity contribution in [3.05, 3.63) is 23.7 Å². The molecule has 1 saturated heterocycles. The lowest BCUT2D eigenvalue weighted by Gasteiger charge is -2.29. The summed E-state index contributed by atoms with van der Waals surface area (Å²) in [6.07, 6.45) is 2.48. The highest BCUT2D eigenvalue weighted by Gasteiger charge is 2.23. The van der Waals surface area contributed by atoms with E-state index in [2.05, 4.69) is 17.1 Å². The van der Waals surface area contributed by atoms with Gasteiger partial charge in [-0.3, -0.25) is 4.90 Å². The Hall–Kier alpha value is -0.840. The van der Waals surface area contributed by atoms with E-state index in [-0.39, 0.29) is 12.6 Å². The molecule has 0 radical (unpaired) electrons. The third-order valence-electron chi connectivity index (χ3n) is 3.73. The van der Waals surface area contributed by atoms with Gasteiger partial charge in [0.25, 0.3) is 0 Å². The van der Waals surface area contributed by atoms with Crippen molar-refractivity contribution in [2.45, 2.75) is 38.8 Å². The van der Waals surface area contributed by atoms with Gasteiger partial charge in [0.05, 0.1) is 12.6 Å². The van der Waals surface area contributed by atoms with Crippen LogP contribution in [0.25, 0.3) is 0 Å². The van der Waals surface area contributed by atoms with E-state index >= 15 is 0 Å². The first-order valence-corrected chi connectivity index (χ1v) is 6.85. The van der Waals surface area contributed by atoms with E-state index in [9.17, 15) is 5.11 Å². The van der Waals surface area contributed by atoms with Crippen LogP contribution in [0, 0.1) is 6.92 Å². The molecule has 0 spiro atoms. The first kappa shape index (κ1) is 13.6. The van der Waals surface area contributed by atoms with Gasteiger partial charge in [-0.25, -0.2) is 0 Å². The van der Waals surface area contributed by atoms with Crippen LogP contribution < -0.4 is 5.32 Å². The van der Waals surface area contributed by atoms with Gasteiger partial charge in [-0.1, -0.05) is 0 Å². The maximum absolute atomic E-state index is 9.22. The van der Waals surface area contributed by atoms with E-state index in [0.29, 0.717) is 12.6 Å². The number of hydrogen-bond acceptors (Lipinski definition) is 4. The fourth-order valence-electron chi connectivity index (χ4n) is 2.63. The highest BCUT2D eigenvalue weighted by Crippen LogP contribution is 2.23. The summed E-state index contributed by atoms with van der Waals surface area (Å²) < 4.78 is 5.69. The number of rotatable bonds is 6. The second-order valence-electron chi connectivity index (χ2n) is 5.14. The molecular formula is C14H24N2O2. The molecule has 4 nitrogen and oxygen atoms in total. The molecule has 1 aliphatic rings. The first-order valence-electron chi connectivity index (χ1n) is 6.85. The number of furan rings is 1. The van der Waals surface area contributed by atoms with Gasteiger partial charge in [-0.2, -0.15) is 0 Å². The zero-order chi connectivity index (χ0) is 13.0. The summed E-state index contributed by atoms with van der Waals surface area (Å²) in [5, 5.41) is 12.7. The maximum atomic E-state index is 9.22. The second kappa shape index (κ2) is 6.36. The molecule has 0 amide bonds. The SMILES string of the molecule is Cc1ccc(C(C)N(CCO)CC2CCCN2)o1. The summed E-state index contributed by atoms with van der Waals surface area (Å²) in [5.41, 5.74) is 0. The Balaban J connectivity index is 1.98. The molecule has 18 heavy (non-hydrogen) atoms. The van der Waals surface area contributed by atoms with Crippen LogP contribution in [0.1, 0.15) is 37.3 Å². The molecule has 1 aromatic heterocycles. The van der Waals surface area contributed by atoms with Crippen molar-refractivity contribution in [3.8, 4) is 0 Å². The number of hydrogen-bond donors (Lipinski definition) is 2. The van der Waals surface area contributed by atoms with Crippen molar-refractivity contribution >= 4 is 0 Å². The number of aliphatic hydroxyl groups excluding tert-OH is 1. The van der Waals surface area contributed by atoms with Gasteiger partial charge in [0.1, 0.15) is 11.5 Å². The lowest BCUT2D eigenvalue weighted by atomic mass is 10.1. The van der Waals surface area contributed by atoms with E-state index in [1.807, 2.05) is 19.1 Å². The standard InChI is InChI=1S/C14H24N2O2/c1-11-5-6-14(18-11)12(2)16(8-9-17)10-13-4-3-7-15-13/h5-6,12-13,15,17H,3-4,7-10H2,1-2H3. The fraction of sp³-hybridized carbons (Fsp3) is 0.714. The molecule has 0 aliphatic carbocycles. The summed E-state index contributed by atoms with van der Waals surface area (Å²) in [4.78, 5) is 2.29. The largest absolute Gasteiger partial charge is 0.465 e. The van der Waals surface area contributed by atoms with Crippen LogP contribution >= 0.6 is 0 Å². The van der Waals surface area contributed by atoms with Crippen LogP contribution in [-0.2, 0) is 0 Å². The monoisotopic (exact) mass is 252 g/mol. The summed E-state index contributed by atoms with van der Waals surface area (Å²) in [6, 6.07) is 4.80. The van der Waals surface area contributed by atoms with E-state index < -0.39 is 0 Å². The smallest absolute Gasteiger partial charge is 0.121 e. The van der Waals surface area contributed by atoms with Crippen LogP contribution in [0.3, 0.4) is 0 Å². The lowest BCUT2D eigenvalue weighted by molar-refractivity contribution is 0.134. The van der Waals surface area contributed by atoms with Crippen LogP contribution in [0.5, 0.6) is 0 Å². The minimum absolute atomic E-state index is 0.191. The van der Waals surface area contributed by atoms with E-state index in [1.54, 1.807) is 0 Å². The predicted molar refractivity (Wildman–Crippen MR) is 71.5 cm³/mol. The molecule has 0 bridgehead atoms. The van der Waals surface area contributed by atoms with Crippen molar-refractivity contribution in [2.75, 3.05) is 26.2 Å². The molecular weight excluding hydrogens is 228 g/mol. The average Bonchev–Trinajstić information content (AvgIpc) is 2.99. The molecule has 2 N–H and O–H groups in total. The van der Waals surface area contributed by atoms with Gasteiger partial charge in [-0.05, 0) is 45.4 Å². The number of nitrogens with one attached hydrogen (secondary N) is 1. The number of aliphatic hydroxyl groups is 1. The fourth-order valence-corrected chi connectivity index (χ4v) is 2.63. The summed E-state index contributed by atoms with van der Waals surface area (Å²) >= 11 is 0. The Morgan fingerprint density at radius 3 is 2.94 bits per heavy atom. The van der Waals surface area contributed by atoms with Gasteiger partial charge in [0, 0.05) is 19.1 Å². The molecule has 1 fully saturated rings. The molecule has 4 heteroatoms. The number of aryl methyl sites for hydroxylation is 1. The summed E-state index contributed by atoms with van der Waals surface area (Å²) in [7, 11) is 0. The Morgan fingerprint density at radius 2 is 2.39 bits per heavy atom. The number of nitrogens with zero attached hydrogens (tertiary/aromatic N) is 1. The Bertz CT molecular complexity index is 358. The molecule has 2 atom stereocenters. The van der Waals surface area contributed by atoms with Crippen molar-refractivity contribution in [2.24, 2.45) is 0 Å². The van der Waals surface area contributed by atoms with Gasteiger partial charge in [-0.15, -0.1) is 0 Å². The lowest BCUT2D eigenvalue weighted by Crippen LogP contribution is -2.40. The average molecular weight is 252 g/mol. The minimum atomic E-state index is 0.191. The zero-order valence-electron chi connectivity index (χ0n) is 11.4. The summed E-state index contributed by atoms with van der Waals surface area (Å²) in [5.74, 6) is 1.93. The molecule has 2 rings (SSSR count). The molecule has 1 aliphatic heterocycles. The highest BCUT2D eigenvalue weighted by atomic mass is 16.3. The minimum Gasteiger partial charge on any atom is -0.465 e.